The van der Waals surface area contributed by atoms with Crippen molar-refractivity contribution in [2.24, 2.45) is 0 Å². The zero-order valence-corrected chi connectivity index (χ0v) is 18.3. The zero-order chi connectivity index (χ0) is 22.9. The van der Waals surface area contributed by atoms with Crippen molar-refractivity contribution in [3.05, 3.63) is 59.7 Å². The first-order chi connectivity index (χ1) is 14.7. The van der Waals surface area contributed by atoms with Gasteiger partial charge in [0.15, 0.2) is 0 Å². The van der Waals surface area contributed by atoms with Gasteiger partial charge >= 0.3 is 6.09 Å². The second-order valence-corrected chi connectivity index (χ2v) is 7.80. The molecule has 2 aromatic rings. The first-order valence-electron chi connectivity index (χ1n) is 9.95. The molecular weight excluding hydrogens is 398 g/mol. The lowest BCUT2D eigenvalue weighted by Gasteiger charge is -2.19. The van der Waals surface area contributed by atoms with Gasteiger partial charge in [-0.1, -0.05) is 18.2 Å². The Bertz CT molecular complexity index is 904. The van der Waals surface area contributed by atoms with Gasteiger partial charge in [0, 0.05) is 30.8 Å². The summed E-state index contributed by atoms with van der Waals surface area (Å²) in [5, 5.41) is 8.20. The second kappa shape index (κ2) is 11.0. The van der Waals surface area contributed by atoms with Gasteiger partial charge in [-0.2, -0.15) is 0 Å². The Morgan fingerprint density at radius 3 is 2.26 bits per heavy atom. The van der Waals surface area contributed by atoms with E-state index in [4.69, 9.17) is 9.47 Å². The molecule has 0 heterocycles. The Morgan fingerprint density at radius 2 is 1.61 bits per heavy atom. The third-order valence-corrected chi connectivity index (χ3v) is 4.11. The number of rotatable bonds is 8. The summed E-state index contributed by atoms with van der Waals surface area (Å²) in [6.07, 6.45) is -0.452. The number of para-hydroxylation sites is 1. The Balaban J connectivity index is 1.85. The van der Waals surface area contributed by atoms with Crippen molar-refractivity contribution in [3.8, 4) is 5.75 Å². The highest BCUT2D eigenvalue weighted by Crippen LogP contribution is 2.17. The molecule has 2 rings (SSSR count). The predicted octanol–water partition coefficient (Wildman–Crippen LogP) is 3.48. The molecule has 166 valence electrons. The van der Waals surface area contributed by atoms with Crippen molar-refractivity contribution in [1.82, 2.24) is 10.6 Å². The number of benzene rings is 2. The molecule has 0 radical (unpaired) electrons. The van der Waals surface area contributed by atoms with Crippen LogP contribution in [0.2, 0.25) is 0 Å². The van der Waals surface area contributed by atoms with Crippen molar-refractivity contribution in [3.63, 3.8) is 0 Å². The normalized spacial score (nSPS) is 10.7. The summed E-state index contributed by atoms with van der Waals surface area (Å²) in [6, 6.07) is 14.0. The molecule has 0 unspecified atom stereocenters. The van der Waals surface area contributed by atoms with Gasteiger partial charge in [0.05, 0.1) is 7.11 Å². The van der Waals surface area contributed by atoms with Crippen LogP contribution in [0.3, 0.4) is 0 Å². The Morgan fingerprint density at radius 1 is 0.935 bits per heavy atom. The molecular formula is C23H29N3O5. The summed E-state index contributed by atoms with van der Waals surface area (Å²) in [6.45, 7) is 5.71. The summed E-state index contributed by atoms with van der Waals surface area (Å²) in [5.41, 5.74) is 1.27. The van der Waals surface area contributed by atoms with E-state index in [0.29, 0.717) is 17.0 Å². The third kappa shape index (κ3) is 8.38. The molecule has 0 atom stereocenters. The van der Waals surface area contributed by atoms with Gasteiger partial charge in [0.25, 0.3) is 5.91 Å². The minimum Gasteiger partial charge on any atom is -0.497 e. The van der Waals surface area contributed by atoms with E-state index in [9.17, 15) is 14.4 Å². The second-order valence-electron chi connectivity index (χ2n) is 7.80. The lowest BCUT2D eigenvalue weighted by atomic mass is 10.1. The van der Waals surface area contributed by atoms with Crippen LogP contribution < -0.4 is 20.7 Å². The van der Waals surface area contributed by atoms with Crippen LogP contribution in [-0.4, -0.2) is 37.2 Å². The topological polar surface area (TPSA) is 106 Å². The maximum Gasteiger partial charge on any atom is 0.407 e. The van der Waals surface area contributed by atoms with Crippen LogP contribution in [0.1, 0.15) is 43.1 Å². The minimum atomic E-state index is -0.591. The number of carbonyl (C=O) groups excluding carboxylic acids is 3. The van der Waals surface area contributed by atoms with Gasteiger partial charge in [-0.3, -0.25) is 9.59 Å². The molecule has 0 aliphatic heterocycles. The molecule has 0 saturated carbocycles. The zero-order valence-electron chi connectivity index (χ0n) is 18.3. The SMILES string of the molecule is COc1ccc(C(=O)Nc2ccccc2CNC(=O)CCNC(=O)OC(C)(C)C)cc1. The fourth-order valence-corrected chi connectivity index (χ4v) is 2.61. The molecule has 31 heavy (non-hydrogen) atoms. The third-order valence-electron chi connectivity index (χ3n) is 4.11. The van der Waals surface area contributed by atoms with Crippen molar-refractivity contribution in [2.75, 3.05) is 19.0 Å². The molecule has 0 bridgehead atoms. The molecule has 0 saturated heterocycles. The van der Waals surface area contributed by atoms with Crippen molar-refractivity contribution in [2.45, 2.75) is 39.3 Å². The number of ether oxygens (including phenoxy) is 2. The number of anilines is 1. The standard InChI is InChI=1S/C23H29N3O5/c1-23(2,3)31-22(29)24-14-13-20(27)25-15-17-7-5-6-8-19(17)26-21(28)16-9-11-18(30-4)12-10-16/h5-12H,13-15H2,1-4H3,(H,24,29)(H,25,27)(H,26,28). The average molecular weight is 428 g/mol. The number of nitrogens with one attached hydrogen (secondary N) is 3. The molecule has 2 aromatic carbocycles. The number of carbonyl (C=O) groups is 3. The Labute approximate surface area is 182 Å². The van der Waals surface area contributed by atoms with Crippen molar-refractivity contribution < 1.29 is 23.9 Å². The number of alkyl carbamates (subject to hydrolysis) is 1. The number of amides is 3. The van der Waals surface area contributed by atoms with E-state index in [2.05, 4.69) is 16.0 Å². The van der Waals surface area contributed by atoms with E-state index < -0.39 is 11.7 Å². The van der Waals surface area contributed by atoms with Crippen LogP contribution in [0, 0.1) is 0 Å². The molecule has 0 fully saturated rings. The van der Waals surface area contributed by atoms with Crippen molar-refractivity contribution >= 4 is 23.6 Å². The Hall–Kier alpha value is -3.55. The molecule has 8 heteroatoms. The summed E-state index contributed by atoms with van der Waals surface area (Å²) >= 11 is 0. The van der Waals surface area contributed by atoms with E-state index in [1.807, 2.05) is 12.1 Å². The van der Waals surface area contributed by atoms with E-state index in [1.54, 1.807) is 64.3 Å². The minimum absolute atomic E-state index is 0.111. The van der Waals surface area contributed by atoms with Crippen LogP contribution >= 0.6 is 0 Å². The molecule has 0 aliphatic rings. The largest absolute Gasteiger partial charge is 0.497 e. The van der Waals surface area contributed by atoms with E-state index >= 15 is 0 Å². The first-order valence-corrected chi connectivity index (χ1v) is 9.95. The van der Waals surface area contributed by atoms with Gasteiger partial charge in [-0.15, -0.1) is 0 Å². The highest BCUT2D eigenvalue weighted by molar-refractivity contribution is 6.04. The highest BCUT2D eigenvalue weighted by atomic mass is 16.6. The first kappa shape index (κ1) is 23.7. The molecule has 3 N–H and O–H groups in total. The van der Waals surface area contributed by atoms with E-state index in [0.717, 1.165) is 5.56 Å². The van der Waals surface area contributed by atoms with Gasteiger partial charge in [0.2, 0.25) is 5.91 Å². The Kier molecular flexibility index (Phi) is 8.43. The average Bonchev–Trinajstić information content (AvgIpc) is 2.72. The highest BCUT2D eigenvalue weighted by Gasteiger charge is 2.16. The molecule has 3 amide bonds. The van der Waals surface area contributed by atoms with Crippen LogP contribution in [0.25, 0.3) is 0 Å². The van der Waals surface area contributed by atoms with Gasteiger partial charge in [-0.25, -0.2) is 4.79 Å². The van der Waals surface area contributed by atoms with Crippen LogP contribution in [-0.2, 0) is 16.1 Å². The molecule has 8 nitrogen and oxygen atoms in total. The molecule has 0 aromatic heterocycles. The van der Waals surface area contributed by atoms with Gasteiger partial charge in [0.1, 0.15) is 11.4 Å². The maximum atomic E-state index is 12.5. The monoisotopic (exact) mass is 427 g/mol. The summed E-state index contributed by atoms with van der Waals surface area (Å²) in [5.74, 6) is 0.177. The van der Waals surface area contributed by atoms with Crippen molar-refractivity contribution in [1.29, 1.82) is 0 Å². The van der Waals surface area contributed by atoms with Gasteiger partial charge < -0.3 is 25.4 Å². The number of methoxy groups -OCH3 is 1. The summed E-state index contributed by atoms with van der Waals surface area (Å²) in [7, 11) is 1.56. The summed E-state index contributed by atoms with van der Waals surface area (Å²) < 4.78 is 10.2. The fourth-order valence-electron chi connectivity index (χ4n) is 2.61. The number of hydrogen-bond donors (Lipinski definition) is 3. The van der Waals surface area contributed by atoms with Crippen LogP contribution in [0.5, 0.6) is 5.75 Å². The maximum absolute atomic E-state index is 12.5. The number of hydrogen-bond acceptors (Lipinski definition) is 5. The fraction of sp³-hybridized carbons (Fsp3) is 0.348. The molecule has 0 aliphatic carbocycles. The quantitative estimate of drug-likeness (QED) is 0.598. The summed E-state index contributed by atoms with van der Waals surface area (Å²) in [4.78, 5) is 36.2. The van der Waals surface area contributed by atoms with Crippen LogP contribution in [0.15, 0.2) is 48.5 Å². The predicted molar refractivity (Wildman–Crippen MR) is 118 cm³/mol. The van der Waals surface area contributed by atoms with E-state index in [-0.39, 0.29) is 31.3 Å². The van der Waals surface area contributed by atoms with E-state index in [1.165, 1.54) is 0 Å². The van der Waals surface area contributed by atoms with Gasteiger partial charge in [-0.05, 0) is 56.7 Å². The van der Waals surface area contributed by atoms with Crippen LogP contribution in [0.4, 0.5) is 10.5 Å². The lowest BCUT2D eigenvalue weighted by Crippen LogP contribution is -2.35. The smallest absolute Gasteiger partial charge is 0.407 e. The lowest BCUT2D eigenvalue weighted by molar-refractivity contribution is -0.121. The molecule has 0 spiro atoms.